The topological polar surface area (TPSA) is 69.9 Å². The van der Waals surface area contributed by atoms with Crippen molar-refractivity contribution < 1.29 is 4.74 Å². The van der Waals surface area contributed by atoms with Gasteiger partial charge in [0, 0.05) is 10.3 Å². The Labute approximate surface area is 126 Å². The minimum absolute atomic E-state index is 0.0895. The van der Waals surface area contributed by atoms with E-state index in [0.717, 1.165) is 28.9 Å². The maximum Gasteiger partial charge on any atom is 0.323 e. The summed E-state index contributed by atoms with van der Waals surface area (Å²) < 4.78 is 5.26. The second-order valence-electron chi connectivity index (χ2n) is 4.76. The van der Waals surface area contributed by atoms with Crippen LogP contribution in [0.4, 0.5) is 0 Å². The standard InChI is InChI=1S/C15H17N3O2S/c1-3-16-14(13-7-10(20-2)8-21-13)9-4-5-11-12(6-9)18-15(19)17-11/h4-8,14,16H,3H2,1-2H3,(H2,17,18,19). The van der Waals surface area contributed by atoms with E-state index in [1.807, 2.05) is 29.6 Å². The summed E-state index contributed by atoms with van der Waals surface area (Å²) in [6, 6.07) is 8.10. The lowest BCUT2D eigenvalue weighted by atomic mass is 10.0. The summed E-state index contributed by atoms with van der Waals surface area (Å²) in [7, 11) is 1.67. The van der Waals surface area contributed by atoms with E-state index in [9.17, 15) is 4.79 Å². The smallest absolute Gasteiger partial charge is 0.323 e. The van der Waals surface area contributed by atoms with E-state index in [2.05, 4.69) is 22.2 Å². The highest BCUT2D eigenvalue weighted by Crippen LogP contribution is 2.31. The summed E-state index contributed by atoms with van der Waals surface area (Å²) in [4.78, 5) is 18.1. The molecule has 0 saturated heterocycles. The van der Waals surface area contributed by atoms with Crippen LogP contribution in [0.5, 0.6) is 5.75 Å². The van der Waals surface area contributed by atoms with Gasteiger partial charge in [-0.2, -0.15) is 0 Å². The number of imidazole rings is 1. The quantitative estimate of drug-likeness (QED) is 0.678. The van der Waals surface area contributed by atoms with Crippen molar-refractivity contribution in [2.24, 2.45) is 0 Å². The Morgan fingerprint density at radius 1 is 1.29 bits per heavy atom. The number of methoxy groups -OCH3 is 1. The summed E-state index contributed by atoms with van der Waals surface area (Å²) in [6.45, 7) is 2.93. The molecule has 110 valence electrons. The van der Waals surface area contributed by atoms with Gasteiger partial charge in [0.05, 0.1) is 24.2 Å². The molecule has 3 N–H and O–H groups in total. The SMILES string of the molecule is CCNC(c1ccc2[nH]c(=O)[nH]c2c1)c1cc(OC)cs1. The Bertz CT molecular complexity index is 802. The van der Waals surface area contributed by atoms with Crippen LogP contribution >= 0.6 is 11.3 Å². The van der Waals surface area contributed by atoms with E-state index in [-0.39, 0.29) is 11.7 Å². The molecular formula is C15H17N3O2S. The van der Waals surface area contributed by atoms with Gasteiger partial charge in [-0.1, -0.05) is 13.0 Å². The van der Waals surface area contributed by atoms with Gasteiger partial charge in [0.1, 0.15) is 5.75 Å². The average Bonchev–Trinajstić information content (AvgIpc) is 3.09. The Morgan fingerprint density at radius 3 is 2.81 bits per heavy atom. The first-order chi connectivity index (χ1) is 10.2. The average molecular weight is 303 g/mol. The lowest BCUT2D eigenvalue weighted by Crippen LogP contribution is -2.21. The first-order valence-corrected chi connectivity index (χ1v) is 7.67. The lowest BCUT2D eigenvalue weighted by molar-refractivity contribution is 0.416. The molecule has 0 bridgehead atoms. The van der Waals surface area contributed by atoms with Crippen molar-refractivity contribution in [2.45, 2.75) is 13.0 Å². The highest BCUT2D eigenvalue weighted by Gasteiger charge is 2.16. The molecule has 2 heterocycles. The maximum absolute atomic E-state index is 11.4. The second kappa shape index (κ2) is 5.75. The van der Waals surface area contributed by atoms with Gasteiger partial charge in [0.25, 0.3) is 0 Å². The van der Waals surface area contributed by atoms with Crippen molar-refractivity contribution in [1.82, 2.24) is 15.3 Å². The van der Waals surface area contributed by atoms with Crippen molar-refractivity contribution in [3.05, 3.63) is 50.6 Å². The number of benzene rings is 1. The molecule has 3 aromatic rings. The van der Waals surface area contributed by atoms with Crippen LogP contribution in [0.15, 0.2) is 34.4 Å². The zero-order chi connectivity index (χ0) is 14.8. The molecule has 0 aliphatic rings. The number of nitrogens with one attached hydrogen (secondary N) is 3. The molecule has 2 aromatic heterocycles. The van der Waals surface area contributed by atoms with Gasteiger partial charge in [-0.25, -0.2) is 4.79 Å². The third-order valence-electron chi connectivity index (χ3n) is 3.40. The molecule has 3 rings (SSSR count). The lowest BCUT2D eigenvalue weighted by Gasteiger charge is -2.17. The minimum Gasteiger partial charge on any atom is -0.496 e. The zero-order valence-corrected chi connectivity index (χ0v) is 12.7. The summed E-state index contributed by atoms with van der Waals surface area (Å²) in [5.41, 5.74) is 2.58. The number of hydrogen-bond donors (Lipinski definition) is 3. The zero-order valence-electron chi connectivity index (χ0n) is 11.9. The molecule has 1 aromatic carbocycles. The van der Waals surface area contributed by atoms with Crippen molar-refractivity contribution in [3.63, 3.8) is 0 Å². The summed E-state index contributed by atoms with van der Waals surface area (Å²) in [6.07, 6.45) is 0. The van der Waals surface area contributed by atoms with Crippen LogP contribution in [-0.2, 0) is 0 Å². The summed E-state index contributed by atoms with van der Waals surface area (Å²) in [5.74, 6) is 0.869. The van der Waals surface area contributed by atoms with Crippen molar-refractivity contribution in [1.29, 1.82) is 0 Å². The van der Waals surface area contributed by atoms with Crippen LogP contribution in [0.25, 0.3) is 11.0 Å². The van der Waals surface area contributed by atoms with Crippen molar-refractivity contribution >= 4 is 22.4 Å². The maximum atomic E-state index is 11.4. The number of H-pyrrole nitrogens is 2. The van der Waals surface area contributed by atoms with E-state index < -0.39 is 0 Å². The van der Waals surface area contributed by atoms with E-state index in [4.69, 9.17) is 4.74 Å². The Hall–Kier alpha value is -2.05. The Balaban J connectivity index is 2.03. The molecular weight excluding hydrogens is 286 g/mol. The van der Waals surface area contributed by atoms with Gasteiger partial charge < -0.3 is 20.0 Å². The Kier molecular flexibility index (Phi) is 3.81. The van der Waals surface area contributed by atoms with E-state index in [1.54, 1.807) is 18.4 Å². The van der Waals surface area contributed by atoms with E-state index in [1.165, 1.54) is 4.88 Å². The Morgan fingerprint density at radius 2 is 2.10 bits per heavy atom. The van der Waals surface area contributed by atoms with Crippen LogP contribution in [0.2, 0.25) is 0 Å². The minimum atomic E-state index is -0.181. The molecule has 1 atom stereocenters. The predicted octanol–water partition coefficient (Wildman–Crippen LogP) is 2.63. The number of ether oxygens (including phenoxy) is 1. The van der Waals surface area contributed by atoms with E-state index in [0.29, 0.717) is 0 Å². The second-order valence-corrected chi connectivity index (χ2v) is 5.71. The van der Waals surface area contributed by atoms with Gasteiger partial charge in [-0.3, -0.25) is 0 Å². The number of hydrogen-bond acceptors (Lipinski definition) is 4. The molecule has 0 fully saturated rings. The highest BCUT2D eigenvalue weighted by atomic mass is 32.1. The number of rotatable bonds is 5. The van der Waals surface area contributed by atoms with Gasteiger partial charge in [-0.05, 0) is 30.3 Å². The molecule has 1 unspecified atom stereocenters. The molecule has 0 aliphatic heterocycles. The highest BCUT2D eigenvalue weighted by molar-refractivity contribution is 7.10. The van der Waals surface area contributed by atoms with Crippen LogP contribution < -0.4 is 15.7 Å². The van der Waals surface area contributed by atoms with Gasteiger partial charge in [0.15, 0.2) is 0 Å². The molecule has 0 spiro atoms. The van der Waals surface area contributed by atoms with Gasteiger partial charge in [-0.15, -0.1) is 11.3 Å². The fourth-order valence-corrected chi connectivity index (χ4v) is 3.37. The third-order valence-corrected chi connectivity index (χ3v) is 4.37. The van der Waals surface area contributed by atoms with Gasteiger partial charge in [0.2, 0.25) is 0 Å². The third kappa shape index (κ3) is 2.72. The number of aromatic amines is 2. The molecule has 6 heteroatoms. The molecule has 0 saturated carbocycles. The summed E-state index contributed by atoms with van der Waals surface area (Å²) >= 11 is 1.66. The molecule has 5 nitrogen and oxygen atoms in total. The van der Waals surface area contributed by atoms with Crippen molar-refractivity contribution in [2.75, 3.05) is 13.7 Å². The number of aromatic nitrogens is 2. The first-order valence-electron chi connectivity index (χ1n) is 6.79. The largest absolute Gasteiger partial charge is 0.496 e. The van der Waals surface area contributed by atoms with Gasteiger partial charge >= 0.3 is 5.69 Å². The predicted molar refractivity (Wildman–Crippen MR) is 85.3 cm³/mol. The summed E-state index contributed by atoms with van der Waals surface area (Å²) in [5, 5.41) is 5.47. The van der Waals surface area contributed by atoms with E-state index >= 15 is 0 Å². The molecule has 21 heavy (non-hydrogen) atoms. The van der Waals surface area contributed by atoms with Crippen LogP contribution in [0.3, 0.4) is 0 Å². The van der Waals surface area contributed by atoms with Crippen molar-refractivity contribution in [3.8, 4) is 5.75 Å². The van der Waals surface area contributed by atoms with Crippen LogP contribution in [-0.4, -0.2) is 23.6 Å². The fraction of sp³-hybridized carbons (Fsp3) is 0.267. The number of thiophene rings is 1. The first kappa shape index (κ1) is 13.9. The molecule has 0 radical (unpaired) electrons. The van der Waals surface area contributed by atoms with Crippen LogP contribution in [0.1, 0.15) is 23.4 Å². The number of fused-ring (bicyclic) bond motifs is 1. The molecule has 0 amide bonds. The normalized spacial score (nSPS) is 12.7. The molecule has 0 aliphatic carbocycles. The fourth-order valence-electron chi connectivity index (χ4n) is 2.41. The van der Waals surface area contributed by atoms with Crippen LogP contribution in [0, 0.1) is 0 Å². The monoisotopic (exact) mass is 303 g/mol.